The molecule has 0 aliphatic carbocycles. The minimum atomic E-state index is -2.30. The molecule has 3 heterocycles. The standard InChI is InChI=1S/C15H17N5O8S2/c1-26-19-9(7-5-30-13(16)17-7)10(22)18-14(29-2)6-27-20(11(14)23)15(12(24)25)4-3-8(21)28-15/h5H,3-4,6H2,1-2H3,(H2,16,17)(H,18,22)(H,24,25). The number of amides is 2. The summed E-state index contributed by atoms with van der Waals surface area (Å²) in [4.78, 5) is 61.6. The van der Waals surface area contributed by atoms with Gasteiger partial charge in [0.2, 0.25) is 0 Å². The summed E-state index contributed by atoms with van der Waals surface area (Å²) < 4.78 is 4.92. The van der Waals surface area contributed by atoms with Gasteiger partial charge in [-0.25, -0.2) is 9.78 Å². The van der Waals surface area contributed by atoms with Crippen molar-refractivity contribution in [1.29, 1.82) is 0 Å². The first-order chi connectivity index (χ1) is 14.2. The van der Waals surface area contributed by atoms with Crippen molar-refractivity contribution in [3.63, 3.8) is 0 Å². The van der Waals surface area contributed by atoms with Gasteiger partial charge in [-0.2, -0.15) is 5.06 Å². The van der Waals surface area contributed by atoms with Gasteiger partial charge in [0.25, 0.3) is 11.8 Å². The number of oxime groups is 1. The zero-order chi connectivity index (χ0) is 22.1. The second-order valence-electron chi connectivity index (χ2n) is 6.12. The van der Waals surface area contributed by atoms with Gasteiger partial charge < -0.3 is 25.7 Å². The summed E-state index contributed by atoms with van der Waals surface area (Å²) >= 11 is 1.98. The second kappa shape index (κ2) is 8.08. The third-order valence-corrected chi connectivity index (χ3v) is 6.13. The Kier molecular flexibility index (Phi) is 5.87. The molecule has 0 saturated carbocycles. The minimum absolute atomic E-state index is 0.128. The maximum absolute atomic E-state index is 13.1. The molecule has 2 amide bonds. The van der Waals surface area contributed by atoms with E-state index in [0.717, 1.165) is 23.1 Å². The van der Waals surface area contributed by atoms with Crippen molar-refractivity contribution in [3.8, 4) is 0 Å². The van der Waals surface area contributed by atoms with Crippen LogP contribution in [-0.4, -0.2) is 75.2 Å². The van der Waals surface area contributed by atoms with Crippen LogP contribution in [0.15, 0.2) is 10.5 Å². The average molecular weight is 459 g/mol. The number of carbonyl (C=O) groups is 4. The van der Waals surface area contributed by atoms with Crippen molar-refractivity contribution in [2.45, 2.75) is 23.4 Å². The number of carboxylic acid groups (broad SMARTS) is 1. The van der Waals surface area contributed by atoms with Gasteiger partial charge in [0, 0.05) is 11.8 Å². The molecule has 0 spiro atoms. The molecule has 4 N–H and O–H groups in total. The Morgan fingerprint density at radius 3 is 2.73 bits per heavy atom. The van der Waals surface area contributed by atoms with Crippen molar-refractivity contribution in [1.82, 2.24) is 15.4 Å². The number of nitrogen functional groups attached to an aromatic ring is 1. The highest BCUT2D eigenvalue weighted by Crippen LogP contribution is 2.39. The maximum atomic E-state index is 13.1. The van der Waals surface area contributed by atoms with E-state index in [1.54, 1.807) is 0 Å². The van der Waals surface area contributed by atoms with Gasteiger partial charge >= 0.3 is 17.7 Å². The number of rotatable bonds is 7. The molecule has 162 valence electrons. The van der Waals surface area contributed by atoms with Crippen LogP contribution in [0.3, 0.4) is 0 Å². The molecule has 1 aromatic heterocycles. The fourth-order valence-corrected chi connectivity index (χ4v) is 4.04. The predicted molar refractivity (Wildman–Crippen MR) is 103 cm³/mol. The zero-order valence-electron chi connectivity index (χ0n) is 15.7. The van der Waals surface area contributed by atoms with Gasteiger partial charge in [0.1, 0.15) is 19.4 Å². The SMILES string of the molecule is CON=C(C(=O)NC1(SC)CON(C2(C(=O)O)CCC(=O)O2)C1=O)c1csc(N)n1. The summed E-state index contributed by atoms with van der Waals surface area (Å²) in [5.74, 6) is -4.09. The summed E-state index contributed by atoms with van der Waals surface area (Å²) in [7, 11) is 1.23. The third-order valence-electron chi connectivity index (χ3n) is 4.37. The molecule has 0 radical (unpaired) electrons. The molecule has 30 heavy (non-hydrogen) atoms. The Morgan fingerprint density at radius 1 is 1.50 bits per heavy atom. The topological polar surface area (TPSA) is 183 Å². The largest absolute Gasteiger partial charge is 0.477 e. The highest BCUT2D eigenvalue weighted by atomic mass is 32.2. The van der Waals surface area contributed by atoms with Crippen LogP contribution >= 0.6 is 23.1 Å². The molecule has 2 fully saturated rings. The molecular formula is C15H17N5O8S2. The molecule has 0 bridgehead atoms. The van der Waals surface area contributed by atoms with Crippen LogP contribution in [0.2, 0.25) is 0 Å². The Bertz CT molecular complexity index is 936. The second-order valence-corrected chi connectivity index (χ2v) is 8.11. The molecular weight excluding hydrogens is 442 g/mol. The van der Waals surface area contributed by atoms with E-state index in [9.17, 15) is 24.3 Å². The summed E-state index contributed by atoms with van der Waals surface area (Å²) in [6.45, 7) is -0.412. The number of esters is 1. The third kappa shape index (κ3) is 3.54. The van der Waals surface area contributed by atoms with Crippen LogP contribution in [0.4, 0.5) is 5.13 Å². The molecule has 2 aliphatic heterocycles. The van der Waals surface area contributed by atoms with Gasteiger partial charge in [-0.05, 0) is 6.26 Å². The van der Waals surface area contributed by atoms with Crippen molar-refractivity contribution in [2.24, 2.45) is 5.16 Å². The molecule has 2 unspecified atom stereocenters. The number of aliphatic carboxylic acids is 1. The maximum Gasteiger partial charge on any atom is 0.372 e. The van der Waals surface area contributed by atoms with E-state index in [1.165, 1.54) is 18.7 Å². The number of hydroxylamine groups is 2. The van der Waals surface area contributed by atoms with Crippen LogP contribution in [0.25, 0.3) is 0 Å². The number of nitrogens with zero attached hydrogens (tertiary/aromatic N) is 3. The van der Waals surface area contributed by atoms with E-state index in [0.29, 0.717) is 5.06 Å². The average Bonchev–Trinajstić information content (AvgIpc) is 3.39. The number of cyclic esters (lactones) is 1. The van der Waals surface area contributed by atoms with E-state index in [-0.39, 0.29) is 29.4 Å². The van der Waals surface area contributed by atoms with Crippen LogP contribution in [0.1, 0.15) is 18.5 Å². The number of carboxylic acids is 1. The van der Waals surface area contributed by atoms with Crippen molar-refractivity contribution < 1.29 is 38.7 Å². The summed E-state index contributed by atoms with van der Waals surface area (Å²) in [5, 5.41) is 17.9. The number of anilines is 1. The van der Waals surface area contributed by atoms with Gasteiger partial charge in [-0.15, -0.1) is 23.1 Å². The molecule has 2 atom stereocenters. The number of nitrogens with one attached hydrogen (secondary N) is 1. The van der Waals surface area contributed by atoms with E-state index in [2.05, 4.69) is 15.5 Å². The number of thiazole rings is 1. The lowest BCUT2D eigenvalue weighted by Gasteiger charge is -2.32. The van der Waals surface area contributed by atoms with Gasteiger partial charge in [-0.1, -0.05) is 5.16 Å². The fourth-order valence-electron chi connectivity index (χ4n) is 2.87. The Morgan fingerprint density at radius 2 is 2.23 bits per heavy atom. The Labute approximate surface area is 177 Å². The minimum Gasteiger partial charge on any atom is -0.477 e. The van der Waals surface area contributed by atoms with Crippen molar-refractivity contribution >= 4 is 57.7 Å². The monoisotopic (exact) mass is 459 g/mol. The van der Waals surface area contributed by atoms with Crippen LogP contribution < -0.4 is 11.1 Å². The van der Waals surface area contributed by atoms with Gasteiger partial charge in [0.15, 0.2) is 15.7 Å². The van der Waals surface area contributed by atoms with Gasteiger partial charge in [-0.3, -0.25) is 19.2 Å². The molecule has 0 aromatic carbocycles. The predicted octanol–water partition coefficient (Wildman–Crippen LogP) is -0.857. The number of carbonyl (C=O) groups excluding carboxylic acids is 3. The molecule has 2 saturated heterocycles. The summed E-state index contributed by atoms with van der Waals surface area (Å²) in [5.41, 5.74) is 3.17. The van der Waals surface area contributed by atoms with E-state index in [4.69, 9.17) is 20.1 Å². The highest BCUT2D eigenvalue weighted by molar-refractivity contribution is 8.00. The lowest BCUT2D eigenvalue weighted by molar-refractivity contribution is -0.256. The fraction of sp³-hybridized carbons (Fsp3) is 0.467. The quantitative estimate of drug-likeness (QED) is 0.200. The summed E-state index contributed by atoms with van der Waals surface area (Å²) in [6.07, 6.45) is 1.03. The zero-order valence-corrected chi connectivity index (χ0v) is 17.4. The Balaban J connectivity index is 1.88. The molecule has 15 heteroatoms. The van der Waals surface area contributed by atoms with Crippen molar-refractivity contribution in [2.75, 3.05) is 25.7 Å². The number of hydrogen-bond acceptors (Lipinski definition) is 12. The Hall–Kier alpha value is -2.91. The van der Waals surface area contributed by atoms with Crippen LogP contribution in [0, 0.1) is 0 Å². The molecule has 2 aliphatic rings. The van der Waals surface area contributed by atoms with E-state index < -0.39 is 41.0 Å². The first-order valence-corrected chi connectivity index (χ1v) is 10.4. The number of thioether (sulfide) groups is 1. The van der Waals surface area contributed by atoms with Gasteiger partial charge in [0.05, 0.1) is 6.42 Å². The van der Waals surface area contributed by atoms with E-state index in [1.807, 2.05) is 0 Å². The lowest BCUT2D eigenvalue weighted by atomic mass is 10.1. The van der Waals surface area contributed by atoms with Crippen LogP contribution in [0.5, 0.6) is 0 Å². The van der Waals surface area contributed by atoms with Crippen molar-refractivity contribution in [3.05, 3.63) is 11.1 Å². The number of hydrogen-bond donors (Lipinski definition) is 3. The molecule has 13 nitrogen and oxygen atoms in total. The van der Waals surface area contributed by atoms with E-state index >= 15 is 0 Å². The van der Waals surface area contributed by atoms with Crippen LogP contribution in [-0.2, 0) is 33.6 Å². The smallest absolute Gasteiger partial charge is 0.372 e. The summed E-state index contributed by atoms with van der Waals surface area (Å²) in [6, 6.07) is 0. The highest BCUT2D eigenvalue weighted by Gasteiger charge is 2.63. The number of ether oxygens (including phenoxy) is 1. The number of aromatic nitrogens is 1. The number of nitrogens with two attached hydrogens (primary N) is 1. The first-order valence-electron chi connectivity index (χ1n) is 8.32. The molecule has 3 rings (SSSR count). The lowest BCUT2D eigenvalue weighted by Crippen LogP contribution is -2.60. The molecule has 1 aromatic rings. The normalized spacial score (nSPS) is 26.6. The first kappa shape index (κ1) is 21.8.